The molecule has 0 atom stereocenters. The molecular formula is C12H19N3O2S. The van der Waals surface area contributed by atoms with E-state index in [4.69, 9.17) is 0 Å². The van der Waals surface area contributed by atoms with Crippen LogP contribution in [0.2, 0.25) is 0 Å². The Labute approximate surface area is 108 Å². The van der Waals surface area contributed by atoms with Gasteiger partial charge < -0.3 is 4.90 Å². The van der Waals surface area contributed by atoms with Gasteiger partial charge in [-0.05, 0) is 38.3 Å². The maximum absolute atomic E-state index is 11.4. The number of pyridine rings is 1. The van der Waals surface area contributed by atoms with Gasteiger partial charge in [0.05, 0.1) is 17.6 Å². The quantitative estimate of drug-likeness (QED) is 0.906. The van der Waals surface area contributed by atoms with E-state index in [1.165, 1.54) is 19.3 Å². The van der Waals surface area contributed by atoms with Crippen molar-refractivity contribution in [3.8, 4) is 0 Å². The first-order chi connectivity index (χ1) is 8.61. The summed E-state index contributed by atoms with van der Waals surface area (Å²) in [7, 11) is -3.21. The lowest BCUT2D eigenvalue weighted by atomic mass is 10.1. The largest absolute Gasteiger partial charge is 0.357 e. The molecular weight excluding hydrogens is 250 g/mol. The minimum Gasteiger partial charge on any atom is -0.357 e. The highest BCUT2D eigenvalue weighted by Gasteiger charge is 2.12. The number of hydrogen-bond acceptors (Lipinski definition) is 4. The molecule has 6 heteroatoms. The van der Waals surface area contributed by atoms with Gasteiger partial charge in [0.25, 0.3) is 0 Å². The van der Waals surface area contributed by atoms with Crippen LogP contribution in [0, 0.1) is 0 Å². The molecule has 0 aliphatic carbocycles. The number of hydrogen-bond donors (Lipinski definition) is 1. The van der Waals surface area contributed by atoms with E-state index in [2.05, 4.69) is 14.6 Å². The number of nitrogens with zero attached hydrogens (tertiary/aromatic N) is 2. The van der Waals surface area contributed by atoms with Gasteiger partial charge in [-0.2, -0.15) is 0 Å². The van der Waals surface area contributed by atoms with Gasteiger partial charge >= 0.3 is 0 Å². The normalized spacial score (nSPS) is 16.6. The Balaban J connectivity index is 2.05. The second-order valence-corrected chi connectivity index (χ2v) is 6.47. The molecule has 5 nitrogen and oxygen atoms in total. The monoisotopic (exact) mass is 269 g/mol. The van der Waals surface area contributed by atoms with Crippen LogP contribution in [0.1, 0.15) is 26.2 Å². The van der Waals surface area contributed by atoms with Crippen LogP contribution in [0.15, 0.2) is 18.3 Å². The summed E-state index contributed by atoms with van der Waals surface area (Å²) in [6, 6.07) is 3.64. The van der Waals surface area contributed by atoms with Gasteiger partial charge in [0, 0.05) is 13.1 Å². The van der Waals surface area contributed by atoms with Crippen molar-refractivity contribution in [1.29, 1.82) is 0 Å². The van der Waals surface area contributed by atoms with Gasteiger partial charge in [-0.1, -0.05) is 0 Å². The highest BCUT2D eigenvalue weighted by molar-refractivity contribution is 7.92. The highest BCUT2D eigenvalue weighted by Crippen LogP contribution is 2.19. The molecule has 100 valence electrons. The molecule has 1 aliphatic rings. The maximum atomic E-state index is 11.4. The predicted molar refractivity (Wildman–Crippen MR) is 73.4 cm³/mol. The van der Waals surface area contributed by atoms with Crippen LogP contribution in [-0.4, -0.2) is 32.2 Å². The molecule has 0 radical (unpaired) electrons. The van der Waals surface area contributed by atoms with E-state index in [1.807, 2.05) is 6.07 Å². The second-order valence-electron chi connectivity index (χ2n) is 4.46. The summed E-state index contributed by atoms with van der Waals surface area (Å²) in [5, 5.41) is 0. The maximum Gasteiger partial charge on any atom is 0.232 e. The summed E-state index contributed by atoms with van der Waals surface area (Å²) in [6.07, 6.45) is 5.26. The zero-order valence-corrected chi connectivity index (χ0v) is 11.4. The lowest BCUT2D eigenvalue weighted by Gasteiger charge is -2.27. The average Bonchev–Trinajstić information content (AvgIpc) is 2.40. The Bertz CT molecular complexity index is 479. The molecule has 18 heavy (non-hydrogen) atoms. The molecule has 1 aromatic rings. The molecule has 0 spiro atoms. The summed E-state index contributed by atoms with van der Waals surface area (Å²) < 4.78 is 25.3. The lowest BCUT2D eigenvalue weighted by Crippen LogP contribution is -2.30. The molecule has 1 aliphatic heterocycles. The van der Waals surface area contributed by atoms with Crippen LogP contribution >= 0.6 is 0 Å². The zero-order valence-electron chi connectivity index (χ0n) is 10.6. The Morgan fingerprint density at radius 2 is 2.00 bits per heavy atom. The van der Waals surface area contributed by atoms with Gasteiger partial charge in [-0.3, -0.25) is 4.72 Å². The molecule has 2 heterocycles. The Morgan fingerprint density at radius 1 is 1.28 bits per heavy atom. The average molecular weight is 269 g/mol. The third kappa shape index (κ3) is 3.35. The fourth-order valence-electron chi connectivity index (χ4n) is 2.01. The van der Waals surface area contributed by atoms with Crippen LogP contribution in [0.4, 0.5) is 11.5 Å². The molecule has 0 unspecified atom stereocenters. The van der Waals surface area contributed by atoms with Crippen molar-refractivity contribution in [2.24, 2.45) is 0 Å². The minimum absolute atomic E-state index is 0.0703. The molecule has 2 rings (SSSR count). The first kappa shape index (κ1) is 13.1. The number of aromatic nitrogens is 1. The lowest BCUT2D eigenvalue weighted by molar-refractivity contribution is 0.573. The minimum atomic E-state index is -3.21. The summed E-state index contributed by atoms with van der Waals surface area (Å²) in [5.41, 5.74) is 0.526. The van der Waals surface area contributed by atoms with E-state index < -0.39 is 10.0 Å². The van der Waals surface area contributed by atoms with E-state index in [-0.39, 0.29) is 5.75 Å². The molecule has 1 N–H and O–H groups in total. The van der Waals surface area contributed by atoms with Crippen LogP contribution < -0.4 is 9.62 Å². The van der Waals surface area contributed by atoms with Gasteiger partial charge in [0.2, 0.25) is 10.0 Å². The topological polar surface area (TPSA) is 62.3 Å². The van der Waals surface area contributed by atoms with Crippen LogP contribution in [0.3, 0.4) is 0 Å². The highest BCUT2D eigenvalue weighted by atomic mass is 32.2. The molecule has 0 saturated carbocycles. The van der Waals surface area contributed by atoms with E-state index in [9.17, 15) is 8.42 Å². The van der Waals surface area contributed by atoms with E-state index in [0.29, 0.717) is 5.69 Å². The number of rotatable bonds is 4. The fraction of sp³-hybridized carbons (Fsp3) is 0.583. The number of piperidine rings is 1. The third-order valence-corrected chi connectivity index (χ3v) is 4.39. The SMILES string of the molecule is CCS(=O)(=O)Nc1ccc(N2CCCCC2)nc1. The Hall–Kier alpha value is -1.30. The van der Waals surface area contributed by atoms with Crippen LogP contribution in [-0.2, 0) is 10.0 Å². The molecule has 0 aromatic carbocycles. The van der Waals surface area contributed by atoms with Gasteiger partial charge in [0.1, 0.15) is 5.82 Å². The number of nitrogens with one attached hydrogen (secondary N) is 1. The van der Waals surface area contributed by atoms with Crippen molar-refractivity contribution in [3.63, 3.8) is 0 Å². The summed E-state index contributed by atoms with van der Waals surface area (Å²) in [5.74, 6) is 0.995. The molecule has 0 amide bonds. The van der Waals surface area contributed by atoms with Crippen molar-refractivity contribution in [2.75, 3.05) is 28.5 Å². The molecule has 0 bridgehead atoms. The smallest absolute Gasteiger partial charge is 0.232 e. The fourth-order valence-corrected chi connectivity index (χ4v) is 2.63. The number of anilines is 2. The summed E-state index contributed by atoms with van der Waals surface area (Å²) in [4.78, 5) is 6.56. The van der Waals surface area contributed by atoms with Crippen molar-refractivity contribution < 1.29 is 8.42 Å². The van der Waals surface area contributed by atoms with Crippen molar-refractivity contribution in [3.05, 3.63) is 18.3 Å². The summed E-state index contributed by atoms with van der Waals surface area (Å²) in [6.45, 7) is 3.68. The van der Waals surface area contributed by atoms with E-state index >= 15 is 0 Å². The Kier molecular flexibility index (Phi) is 4.06. The van der Waals surface area contributed by atoms with Gasteiger partial charge in [-0.15, -0.1) is 0 Å². The third-order valence-electron chi connectivity index (χ3n) is 3.08. The van der Waals surface area contributed by atoms with E-state index in [1.54, 1.807) is 19.2 Å². The first-order valence-corrected chi connectivity index (χ1v) is 7.97. The first-order valence-electron chi connectivity index (χ1n) is 6.32. The van der Waals surface area contributed by atoms with Crippen molar-refractivity contribution >= 4 is 21.5 Å². The van der Waals surface area contributed by atoms with E-state index in [0.717, 1.165) is 18.9 Å². The Morgan fingerprint density at radius 3 is 2.56 bits per heavy atom. The zero-order chi connectivity index (χ0) is 13.0. The standard InChI is InChI=1S/C12H19N3O2S/c1-2-18(16,17)14-11-6-7-12(13-10-11)15-8-4-3-5-9-15/h6-7,10,14H,2-5,8-9H2,1H3. The van der Waals surface area contributed by atoms with Gasteiger partial charge in [0.15, 0.2) is 0 Å². The second kappa shape index (κ2) is 5.56. The molecule has 1 fully saturated rings. The summed E-state index contributed by atoms with van der Waals surface area (Å²) >= 11 is 0. The molecule has 1 saturated heterocycles. The van der Waals surface area contributed by atoms with Crippen LogP contribution in [0.25, 0.3) is 0 Å². The predicted octanol–water partition coefficient (Wildman–Crippen LogP) is 1.83. The van der Waals surface area contributed by atoms with Crippen LogP contribution in [0.5, 0.6) is 0 Å². The number of sulfonamides is 1. The van der Waals surface area contributed by atoms with Crippen molar-refractivity contribution in [2.45, 2.75) is 26.2 Å². The van der Waals surface area contributed by atoms with Gasteiger partial charge in [-0.25, -0.2) is 13.4 Å². The molecule has 1 aromatic heterocycles. The van der Waals surface area contributed by atoms with Crippen molar-refractivity contribution in [1.82, 2.24) is 4.98 Å².